The normalized spacial score (nSPS) is 25.2. The molecule has 0 amide bonds. The number of fused-ring (bicyclic) bond motifs is 1. The highest BCUT2D eigenvalue weighted by atomic mass is 15.3. The summed E-state index contributed by atoms with van der Waals surface area (Å²) in [4.78, 5) is 7.75. The molecule has 118 valence electrons. The van der Waals surface area contributed by atoms with Gasteiger partial charge >= 0.3 is 0 Å². The average Bonchev–Trinajstić information content (AvgIpc) is 2.79. The molecule has 2 aliphatic heterocycles. The van der Waals surface area contributed by atoms with Crippen LogP contribution >= 0.6 is 0 Å². The lowest BCUT2D eigenvalue weighted by Gasteiger charge is -2.46. The molecular weight excluding hydrogens is 262 g/mol. The van der Waals surface area contributed by atoms with E-state index in [4.69, 9.17) is 0 Å². The Balaban J connectivity index is 1.60. The summed E-state index contributed by atoms with van der Waals surface area (Å²) in [6.45, 7) is 13.7. The summed E-state index contributed by atoms with van der Waals surface area (Å²) in [7, 11) is 2.25. The van der Waals surface area contributed by atoms with Crippen LogP contribution in [0.5, 0.6) is 0 Å². The standard InChI is InChI=1S/C16H29N5/c1-4-5-21-11-15(14(2)17-21)10-19-7-9-20-8-6-18(3)12-16(20)13-19/h11,16H,4-10,12-13H2,1-3H3/t16-/m1/s1. The van der Waals surface area contributed by atoms with Gasteiger partial charge in [-0.05, 0) is 20.4 Å². The minimum atomic E-state index is 0.712. The van der Waals surface area contributed by atoms with Crippen molar-refractivity contribution in [3.05, 3.63) is 17.5 Å². The van der Waals surface area contributed by atoms with E-state index in [1.165, 1.54) is 50.5 Å². The second kappa shape index (κ2) is 6.46. The molecule has 5 nitrogen and oxygen atoms in total. The topological polar surface area (TPSA) is 27.5 Å². The van der Waals surface area contributed by atoms with E-state index >= 15 is 0 Å². The summed E-state index contributed by atoms with van der Waals surface area (Å²) < 4.78 is 2.11. The average molecular weight is 291 g/mol. The summed E-state index contributed by atoms with van der Waals surface area (Å²) in [5.41, 5.74) is 2.60. The minimum absolute atomic E-state index is 0.712. The molecule has 0 aliphatic carbocycles. The zero-order valence-corrected chi connectivity index (χ0v) is 13.8. The van der Waals surface area contributed by atoms with Crippen molar-refractivity contribution in [3.8, 4) is 0 Å². The van der Waals surface area contributed by atoms with Gasteiger partial charge in [0.25, 0.3) is 0 Å². The van der Waals surface area contributed by atoms with Crippen LogP contribution in [0, 0.1) is 6.92 Å². The van der Waals surface area contributed by atoms with Crippen LogP contribution < -0.4 is 0 Å². The lowest BCUT2D eigenvalue weighted by Crippen LogP contribution is -2.61. The van der Waals surface area contributed by atoms with Gasteiger partial charge in [-0.3, -0.25) is 14.5 Å². The molecule has 0 bridgehead atoms. The van der Waals surface area contributed by atoms with Crippen molar-refractivity contribution >= 4 is 0 Å². The zero-order chi connectivity index (χ0) is 14.8. The van der Waals surface area contributed by atoms with E-state index in [2.05, 4.69) is 51.6 Å². The molecule has 1 aromatic heterocycles. The molecule has 21 heavy (non-hydrogen) atoms. The van der Waals surface area contributed by atoms with E-state index in [0.29, 0.717) is 6.04 Å². The quantitative estimate of drug-likeness (QED) is 0.828. The number of aromatic nitrogens is 2. The Kier molecular flexibility index (Phi) is 4.62. The number of piperazine rings is 2. The van der Waals surface area contributed by atoms with Crippen LogP contribution in [0.1, 0.15) is 24.6 Å². The summed E-state index contributed by atoms with van der Waals surface area (Å²) >= 11 is 0. The Morgan fingerprint density at radius 3 is 2.81 bits per heavy atom. The maximum Gasteiger partial charge on any atom is 0.0638 e. The number of likely N-dealkylation sites (N-methyl/N-ethyl adjacent to an activating group) is 1. The first-order valence-electron chi connectivity index (χ1n) is 8.33. The van der Waals surface area contributed by atoms with Crippen LogP contribution in [0.2, 0.25) is 0 Å². The summed E-state index contributed by atoms with van der Waals surface area (Å²) in [6, 6.07) is 0.712. The first kappa shape index (κ1) is 15.0. The van der Waals surface area contributed by atoms with Crippen molar-refractivity contribution in [1.29, 1.82) is 0 Å². The number of nitrogens with zero attached hydrogens (tertiary/aromatic N) is 5. The van der Waals surface area contributed by atoms with Gasteiger partial charge in [0, 0.05) is 70.2 Å². The van der Waals surface area contributed by atoms with Gasteiger partial charge in [-0.25, -0.2) is 0 Å². The zero-order valence-electron chi connectivity index (χ0n) is 13.8. The van der Waals surface area contributed by atoms with Gasteiger partial charge in [0.1, 0.15) is 0 Å². The number of aryl methyl sites for hydroxylation is 2. The monoisotopic (exact) mass is 291 g/mol. The first-order valence-corrected chi connectivity index (χ1v) is 8.33. The van der Waals surface area contributed by atoms with Gasteiger partial charge < -0.3 is 4.90 Å². The molecule has 2 saturated heterocycles. The van der Waals surface area contributed by atoms with Crippen LogP contribution in [0.4, 0.5) is 0 Å². The first-order chi connectivity index (χ1) is 10.2. The fourth-order valence-corrected chi connectivity index (χ4v) is 3.62. The van der Waals surface area contributed by atoms with E-state index in [-0.39, 0.29) is 0 Å². The molecule has 5 heteroatoms. The SMILES string of the molecule is CCCn1cc(CN2CCN3CCN(C)C[C@@H]3C2)c(C)n1. The lowest BCUT2D eigenvalue weighted by molar-refractivity contribution is 0.0174. The Labute approximate surface area is 128 Å². The maximum absolute atomic E-state index is 4.63. The number of hydrogen-bond acceptors (Lipinski definition) is 4. The fraction of sp³-hybridized carbons (Fsp3) is 0.812. The molecule has 0 radical (unpaired) electrons. The van der Waals surface area contributed by atoms with Gasteiger partial charge in [-0.2, -0.15) is 5.10 Å². The Morgan fingerprint density at radius 1 is 1.19 bits per heavy atom. The molecule has 0 spiro atoms. The van der Waals surface area contributed by atoms with Crippen molar-refractivity contribution in [2.75, 3.05) is 46.3 Å². The van der Waals surface area contributed by atoms with Crippen LogP contribution in [0.25, 0.3) is 0 Å². The van der Waals surface area contributed by atoms with Crippen LogP contribution in [0.3, 0.4) is 0 Å². The van der Waals surface area contributed by atoms with Gasteiger partial charge in [-0.15, -0.1) is 0 Å². The molecule has 1 aromatic rings. The van der Waals surface area contributed by atoms with Gasteiger partial charge in [0.15, 0.2) is 0 Å². The molecule has 2 fully saturated rings. The Hall–Kier alpha value is -0.910. The summed E-state index contributed by atoms with van der Waals surface area (Å²) in [5, 5.41) is 4.63. The molecule has 2 aliphatic rings. The molecule has 3 rings (SSSR count). The van der Waals surface area contributed by atoms with Crippen molar-refractivity contribution < 1.29 is 0 Å². The second-order valence-electron chi connectivity index (χ2n) is 6.69. The Morgan fingerprint density at radius 2 is 2.00 bits per heavy atom. The third kappa shape index (κ3) is 3.47. The van der Waals surface area contributed by atoms with Gasteiger partial charge in [-0.1, -0.05) is 6.92 Å². The highest BCUT2D eigenvalue weighted by Crippen LogP contribution is 2.18. The molecular formula is C16H29N5. The van der Waals surface area contributed by atoms with Crippen molar-refractivity contribution in [2.45, 2.75) is 39.4 Å². The molecule has 0 aromatic carbocycles. The molecule has 0 N–H and O–H groups in total. The summed E-state index contributed by atoms with van der Waals surface area (Å²) in [5.74, 6) is 0. The summed E-state index contributed by atoms with van der Waals surface area (Å²) in [6.07, 6.45) is 3.39. The molecule has 0 saturated carbocycles. The Bertz CT molecular complexity index is 469. The molecule has 1 atom stereocenters. The van der Waals surface area contributed by atoms with Crippen molar-refractivity contribution in [2.24, 2.45) is 0 Å². The van der Waals surface area contributed by atoms with Gasteiger partial charge in [0.05, 0.1) is 5.69 Å². The predicted molar refractivity (Wildman–Crippen MR) is 85.4 cm³/mol. The largest absolute Gasteiger partial charge is 0.303 e. The number of rotatable bonds is 4. The smallest absolute Gasteiger partial charge is 0.0638 e. The van der Waals surface area contributed by atoms with Crippen molar-refractivity contribution in [3.63, 3.8) is 0 Å². The third-order valence-electron chi connectivity index (χ3n) is 4.87. The van der Waals surface area contributed by atoms with E-state index < -0.39 is 0 Å². The van der Waals surface area contributed by atoms with E-state index in [9.17, 15) is 0 Å². The number of hydrogen-bond donors (Lipinski definition) is 0. The van der Waals surface area contributed by atoms with Crippen LogP contribution in [-0.2, 0) is 13.1 Å². The van der Waals surface area contributed by atoms with Crippen LogP contribution in [-0.4, -0.2) is 76.8 Å². The van der Waals surface area contributed by atoms with Crippen molar-refractivity contribution in [1.82, 2.24) is 24.5 Å². The van der Waals surface area contributed by atoms with Gasteiger partial charge in [0.2, 0.25) is 0 Å². The maximum atomic E-state index is 4.63. The predicted octanol–water partition coefficient (Wildman–Crippen LogP) is 1.03. The minimum Gasteiger partial charge on any atom is -0.303 e. The van der Waals surface area contributed by atoms with E-state index in [0.717, 1.165) is 19.5 Å². The van der Waals surface area contributed by atoms with E-state index in [1.54, 1.807) is 0 Å². The van der Waals surface area contributed by atoms with Crippen LogP contribution in [0.15, 0.2) is 6.20 Å². The molecule has 3 heterocycles. The third-order valence-corrected chi connectivity index (χ3v) is 4.87. The highest BCUT2D eigenvalue weighted by Gasteiger charge is 2.30. The van der Waals surface area contributed by atoms with E-state index in [1.807, 2.05) is 0 Å². The lowest BCUT2D eigenvalue weighted by atomic mass is 10.1. The second-order valence-corrected chi connectivity index (χ2v) is 6.69. The highest BCUT2D eigenvalue weighted by molar-refractivity contribution is 5.15. The fourth-order valence-electron chi connectivity index (χ4n) is 3.62. The molecule has 0 unspecified atom stereocenters.